The maximum Gasteiger partial charge on any atom is 0.323 e. The van der Waals surface area contributed by atoms with Crippen molar-refractivity contribution in [2.45, 2.75) is 38.8 Å². The summed E-state index contributed by atoms with van der Waals surface area (Å²) in [6.45, 7) is 5.52. The first-order valence-corrected chi connectivity index (χ1v) is 5.73. The molecule has 0 aromatic heterocycles. The van der Waals surface area contributed by atoms with Crippen LogP contribution in [0.4, 0.5) is 0 Å². The van der Waals surface area contributed by atoms with Crippen LogP contribution in [-0.4, -0.2) is 29.6 Å². The predicted octanol–water partition coefficient (Wildman–Crippen LogP) is 1.41. The number of hydrogen-bond donors (Lipinski definition) is 1. The van der Waals surface area contributed by atoms with Crippen LogP contribution in [0, 0.1) is 0 Å². The van der Waals surface area contributed by atoms with Gasteiger partial charge in [0.25, 0.3) is 0 Å². The van der Waals surface area contributed by atoms with Crippen molar-refractivity contribution in [1.29, 1.82) is 0 Å². The molecule has 13 heavy (non-hydrogen) atoms. The van der Waals surface area contributed by atoms with Gasteiger partial charge in [0.2, 0.25) is 0 Å². The van der Waals surface area contributed by atoms with E-state index in [-0.39, 0.29) is 5.97 Å². The number of nitrogens with two attached hydrogens (primary N) is 1. The third kappa shape index (κ3) is 6.90. The van der Waals surface area contributed by atoms with Gasteiger partial charge in [-0.05, 0) is 39.2 Å². The molecule has 0 heterocycles. The van der Waals surface area contributed by atoms with E-state index < -0.39 is 11.6 Å². The molecule has 0 amide bonds. The van der Waals surface area contributed by atoms with Crippen molar-refractivity contribution in [3.8, 4) is 0 Å². The third-order valence-corrected chi connectivity index (χ3v) is 1.99. The molecule has 78 valence electrons. The van der Waals surface area contributed by atoms with Crippen molar-refractivity contribution < 1.29 is 9.53 Å². The Morgan fingerprint density at radius 3 is 2.46 bits per heavy atom. The van der Waals surface area contributed by atoms with Gasteiger partial charge in [-0.25, -0.2) is 0 Å². The maximum absolute atomic E-state index is 11.3. The third-order valence-electron chi connectivity index (χ3n) is 1.34. The molecule has 0 saturated heterocycles. The molecule has 0 radical (unpaired) electrons. The Bertz CT molecular complexity index is 165. The second kappa shape index (κ2) is 5.50. The summed E-state index contributed by atoms with van der Waals surface area (Å²) in [5.41, 5.74) is 5.19. The van der Waals surface area contributed by atoms with Gasteiger partial charge in [0.05, 0.1) is 0 Å². The van der Waals surface area contributed by atoms with Gasteiger partial charge in [-0.2, -0.15) is 11.8 Å². The minimum atomic E-state index is -0.480. The molecular weight excluding hydrogens is 186 g/mol. The number of rotatable bonds is 4. The summed E-state index contributed by atoms with van der Waals surface area (Å²) >= 11 is 1.68. The van der Waals surface area contributed by atoms with Gasteiger partial charge in [0, 0.05) is 0 Å². The van der Waals surface area contributed by atoms with Crippen LogP contribution in [0.15, 0.2) is 0 Å². The highest BCUT2D eigenvalue weighted by molar-refractivity contribution is 7.98. The number of carbonyl (C=O) groups excluding carboxylic acids is 1. The van der Waals surface area contributed by atoms with Gasteiger partial charge in [-0.3, -0.25) is 4.79 Å². The van der Waals surface area contributed by atoms with Gasteiger partial charge in [0.1, 0.15) is 11.6 Å². The van der Waals surface area contributed by atoms with Crippen LogP contribution in [-0.2, 0) is 9.53 Å². The quantitative estimate of drug-likeness (QED) is 0.705. The average Bonchev–Trinajstić information content (AvgIpc) is 1.96. The second-order valence-electron chi connectivity index (χ2n) is 3.92. The van der Waals surface area contributed by atoms with Crippen molar-refractivity contribution in [3.05, 3.63) is 0 Å². The van der Waals surface area contributed by atoms with E-state index in [1.807, 2.05) is 27.0 Å². The Morgan fingerprint density at radius 2 is 2.08 bits per heavy atom. The smallest absolute Gasteiger partial charge is 0.323 e. The Labute approximate surface area is 84.4 Å². The summed E-state index contributed by atoms with van der Waals surface area (Å²) in [4.78, 5) is 11.3. The van der Waals surface area contributed by atoms with Gasteiger partial charge in [-0.1, -0.05) is 0 Å². The molecule has 3 nitrogen and oxygen atoms in total. The molecule has 0 aliphatic carbocycles. The summed E-state index contributed by atoms with van der Waals surface area (Å²) in [5.74, 6) is 0.585. The molecule has 0 aliphatic heterocycles. The van der Waals surface area contributed by atoms with Crippen LogP contribution in [0.5, 0.6) is 0 Å². The number of esters is 1. The number of ether oxygens (including phenoxy) is 1. The molecule has 0 bridgehead atoms. The van der Waals surface area contributed by atoms with E-state index in [4.69, 9.17) is 10.5 Å². The molecule has 2 N–H and O–H groups in total. The SMILES string of the molecule is CSCCC(N)C(=O)OC(C)(C)C. The van der Waals surface area contributed by atoms with Crippen molar-refractivity contribution in [2.24, 2.45) is 5.73 Å². The predicted molar refractivity (Wildman–Crippen MR) is 56.8 cm³/mol. The number of carbonyl (C=O) groups is 1. The van der Waals surface area contributed by atoms with Crippen LogP contribution in [0.2, 0.25) is 0 Å². The van der Waals surface area contributed by atoms with Crippen molar-refractivity contribution >= 4 is 17.7 Å². The molecular formula is C9H19NO2S. The summed E-state index contributed by atoms with van der Waals surface area (Å²) in [6.07, 6.45) is 2.66. The molecule has 0 rings (SSSR count). The molecule has 1 atom stereocenters. The van der Waals surface area contributed by atoms with Crippen LogP contribution >= 0.6 is 11.8 Å². The minimum Gasteiger partial charge on any atom is -0.459 e. The molecule has 0 fully saturated rings. The zero-order valence-corrected chi connectivity index (χ0v) is 9.61. The van der Waals surface area contributed by atoms with Crippen LogP contribution in [0.1, 0.15) is 27.2 Å². The summed E-state index contributed by atoms with van der Waals surface area (Å²) < 4.78 is 5.12. The van der Waals surface area contributed by atoms with E-state index in [0.717, 1.165) is 5.75 Å². The topological polar surface area (TPSA) is 52.3 Å². The Morgan fingerprint density at radius 1 is 1.54 bits per heavy atom. The molecule has 0 aromatic rings. The van der Waals surface area contributed by atoms with Gasteiger partial charge >= 0.3 is 5.97 Å². The molecule has 0 saturated carbocycles. The first-order chi connectivity index (χ1) is 5.87. The summed E-state index contributed by atoms with van der Waals surface area (Å²) in [5, 5.41) is 0. The fraction of sp³-hybridized carbons (Fsp3) is 0.889. The van der Waals surface area contributed by atoms with E-state index in [9.17, 15) is 4.79 Å². The van der Waals surface area contributed by atoms with Crippen molar-refractivity contribution in [2.75, 3.05) is 12.0 Å². The van der Waals surface area contributed by atoms with E-state index in [0.29, 0.717) is 6.42 Å². The number of hydrogen-bond acceptors (Lipinski definition) is 4. The highest BCUT2D eigenvalue weighted by Gasteiger charge is 2.21. The first kappa shape index (κ1) is 12.8. The molecule has 0 aromatic carbocycles. The summed E-state index contributed by atoms with van der Waals surface area (Å²) in [6, 6.07) is -0.480. The highest BCUT2D eigenvalue weighted by atomic mass is 32.2. The minimum absolute atomic E-state index is 0.304. The standard InChI is InChI=1S/C9H19NO2S/c1-9(2,3)12-8(11)7(10)5-6-13-4/h7H,5-6,10H2,1-4H3. The largest absolute Gasteiger partial charge is 0.459 e. The van der Waals surface area contributed by atoms with E-state index in [1.165, 1.54) is 0 Å². The molecule has 0 aliphatic rings. The lowest BCUT2D eigenvalue weighted by atomic mass is 10.2. The fourth-order valence-electron chi connectivity index (χ4n) is 0.740. The second-order valence-corrected chi connectivity index (χ2v) is 4.91. The van der Waals surface area contributed by atoms with E-state index in [2.05, 4.69) is 0 Å². The van der Waals surface area contributed by atoms with Crippen molar-refractivity contribution in [3.63, 3.8) is 0 Å². The van der Waals surface area contributed by atoms with Crippen LogP contribution < -0.4 is 5.73 Å². The maximum atomic E-state index is 11.3. The molecule has 1 unspecified atom stereocenters. The van der Waals surface area contributed by atoms with E-state index in [1.54, 1.807) is 11.8 Å². The zero-order chi connectivity index (χ0) is 10.5. The lowest BCUT2D eigenvalue weighted by molar-refractivity contribution is -0.156. The average molecular weight is 205 g/mol. The van der Waals surface area contributed by atoms with Gasteiger partial charge in [-0.15, -0.1) is 0 Å². The monoisotopic (exact) mass is 205 g/mol. The lowest BCUT2D eigenvalue weighted by Gasteiger charge is -2.21. The first-order valence-electron chi connectivity index (χ1n) is 4.34. The van der Waals surface area contributed by atoms with E-state index >= 15 is 0 Å². The van der Waals surface area contributed by atoms with Gasteiger partial charge in [0.15, 0.2) is 0 Å². The van der Waals surface area contributed by atoms with Crippen molar-refractivity contribution in [1.82, 2.24) is 0 Å². The number of thioether (sulfide) groups is 1. The fourth-order valence-corrected chi connectivity index (χ4v) is 1.23. The highest BCUT2D eigenvalue weighted by Crippen LogP contribution is 2.09. The molecule has 0 spiro atoms. The van der Waals surface area contributed by atoms with Crippen LogP contribution in [0.3, 0.4) is 0 Å². The Kier molecular flexibility index (Phi) is 5.40. The Hall–Kier alpha value is -0.220. The molecule has 4 heteroatoms. The zero-order valence-electron chi connectivity index (χ0n) is 8.79. The van der Waals surface area contributed by atoms with Crippen LogP contribution in [0.25, 0.3) is 0 Å². The lowest BCUT2D eigenvalue weighted by Crippen LogP contribution is -2.37. The Balaban J connectivity index is 3.83. The summed E-state index contributed by atoms with van der Waals surface area (Å²) in [7, 11) is 0. The van der Waals surface area contributed by atoms with Gasteiger partial charge < -0.3 is 10.5 Å². The normalized spacial score (nSPS) is 13.9.